The molecular formula is C14H17FN2O. The van der Waals surface area contributed by atoms with E-state index in [0.717, 1.165) is 13.0 Å². The molecule has 2 rings (SSSR count). The van der Waals surface area contributed by atoms with Gasteiger partial charge in [0.15, 0.2) is 5.75 Å². The van der Waals surface area contributed by atoms with Crippen LogP contribution in [0.25, 0.3) is 0 Å². The third kappa shape index (κ3) is 2.46. The fourth-order valence-corrected chi connectivity index (χ4v) is 2.10. The molecule has 0 saturated carbocycles. The molecule has 1 fully saturated rings. The molecule has 0 unspecified atom stereocenters. The summed E-state index contributed by atoms with van der Waals surface area (Å²) in [6.45, 7) is 5.40. The average molecular weight is 248 g/mol. The van der Waals surface area contributed by atoms with Gasteiger partial charge in [-0.05, 0) is 32.4 Å². The summed E-state index contributed by atoms with van der Waals surface area (Å²) in [5, 5.41) is 0. The molecule has 0 aliphatic carbocycles. The van der Waals surface area contributed by atoms with Gasteiger partial charge in [0.2, 0.25) is 0 Å². The molecule has 0 amide bonds. The van der Waals surface area contributed by atoms with Crippen LogP contribution < -0.4 is 4.74 Å². The van der Waals surface area contributed by atoms with Crippen molar-refractivity contribution in [3.63, 3.8) is 0 Å². The normalized spacial score (nSPS) is 20.0. The lowest BCUT2D eigenvalue weighted by Gasteiger charge is -2.48. The molecule has 4 heteroatoms. The monoisotopic (exact) mass is 248 g/mol. The molecule has 0 N–H and O–H groups in total. The number of terminal acetylenes is 1. The van der Waals surface area contributed by atoms with Crippen LogP contribution in [-0.4, -0.2) is 34.6 Å². The molecule has 0 spiro atoms. The van der Waals surface area contributed by atoms with E-state index in [2.05, 4.69) is 15.8 Å². The molecule has 96 valence electrons. The van der Waals surface area contributed by atoms with Crippen LogP contribution in [0.15, 0.2) is 18.3 Å². The minimum absolute atomic E-state index is 0.197. The highest BCUT2D eigenvalue weighted by atomic mass is 19.1. The number of hydrogen-bond acceptors (Lipinski definition) is 3. The molecule has 0 radical (unpaired) electrons. The van der Waals surface area contributed by atoms with Crippen molar-refractivity contribution in [2.24, 2.45) is 0 Å². The van der Waals surface area contributed by atoms with Crippen molar-refractivity contribution >= 4 is 0 Å². The van der Waals surface area contributed by atoms with Gasteiger partial charge in [0.05, 0.1) is 5.54 Å². The molecular weight excluding hydrogens is 231 g/mol. The number of aromatic nitrogens is 1. The highest BCUT2D eigenvalue weighted by Crippen LogP contribution is 2.28. The van der Waals surface area contributed by atoms with E-state index in [1.165, 1.54) is 6.20 Å². The number of hydrogen-bond donors (Lipinski definition) is 0. The predicted molar refractivity (Wildman–Crippen MR) is 67.7 cm³/mol. The first kappa shape index (κ1) is 12.8. The highest BCUT2D eigenvalue weighted by molar-refractivity contribution is 5.18. The lowest BCUT2D eigenvalue weighted by Crippen LogP contribution is -2.59. The van der Waals surface area contributed by atoms with Crippen molar-refractivity contribution in [2.75, 3.05) is 13.2 Å². The number of pyridine rings is 1. The Morgan fingerprint density at radius 3 is 3.00 bits per heavy atom. The lowest BCUT2D eigenvalue weighted by atomic mass is 9.93. The van der Waals surface area contributed by atoms with Crippen LogP contribution in [0, 0.1) is 18.3 Å². The summed E-state index contributed by atoms with van der Waals surface area (Å²) in [6.07, 6.45) is 7.93. The summed E-state index contributed by atoms with van der Waals surface area (Å²) >= 11 is 0. The first-order valence-corrected chi connectivity index (χ1v) is 6.02. The van der Waals surface area contributed by atoms with E-state index in [9.17, 15) is 4.39 Å². The maximum Gasteiger partial charge on any atom is 0.255 e. The molecule has 1 aromatic rings. The standard InChI is InChI=1S/C14H17FN2O/c1-4-14(2,3)17-9-7-11(17)10-18-12-6-5-8-16-13(12)15/h1,5-6,8,11H,7,9-10H2,2-3H3/t11-/m1/s1. The molecule has 0 bridgehead atoms. The van der Waals surface area contributed by atoms with Gasteiger partial charge in [-0.2, -0.15) is 4.39 Å². The van der Waals surface area contributed by atoms with Crippen molar-refractivity contribution < 1.29 is 9.13 Å². The van der Waals surface area contributed by atoms with Gasteiger partial charge in [-0.25, -0.2) is 4.98 Å². The van der Waals surface area contributed by atoms with Gasteiger partial charge >= 0.3 is 0 Å². The summed E-state index contributed by atoms with van der Waals surface area (Å²) in [5.74, 6) is 2.39. The van der Waals surface area contributed by atoms with Crippen molar-refractivity contribution in [1.29, 1.82) is 0 Å². The van der Waals surface area contributed by atoms with E-state index in [4.69, 9.17) is 11.2 Å². The highest BCUT2D eigenvalue weighted by Gasteiger charge is 2.38. The summed E-state index contributed by atoms with van der Waals surface area (Å²) in [7, 11) is 0. The van der Waals surface area contributed by atoms with Gasteiger partial charge in [0.1, 0.15) is 6.61 Å². The van der Waals surface area contributed by atoms with Gasteiger partial charge in [0.25, 0.3) is 5.95 Å². The largest absolute Gasteiger partial charge is 0.487 e. The Hall–Kier alpha value is -1.60. The average Bonchev–Trinajstić information content (AvgIpc) is 2.30. The van der Waals surface area contributed by atoms with Crippen LogP contribution in [0.1, 0.15) is 20.3 Å². The maximum atomic E-state index is 13.3. The van der Waals surface area contributed by atoms with Gasteiger partial charge in [-0.15, -0.1) is 6.42 Å². The molecule has 1 aliphatic rings. The van der Waals surface area contributed by atoms with Crippen LogP contribution in [0.2, 0.25) is 0 Å². The van der Waals surface area contributed by atoms with Gasteiger partial charge in [-0.1, -0.05) is 5.92 Å². The fraction of sp³-hybridized carbons (Fsp3) is 0.500. The summed E-state index contributed by atoms with van der Waals surface area (Å²) in [5.41, 5.74) is -0.278. The van der Waals surface area contributed by atoms with E-state index < -0.39 is 5.95 Å². The smallest absolute Gasteiger partial charge is 0.255 e. The zero-order valence-corrected chi connectivity index (χ0v) is 10.7. The summed E-state index contributed by atoms with van der Waals surface area (Å²) < 4.78 is 18.7. The Kier molecular flexibility index (Phi) is 3.53. The molecule has 1 atom stereocenters. The topological polar surface area (TPSA) is 25.4 Å². The first-order chi connectivity index (χ1) is 8.54. The molecule has 18 heavy (non-hydrogen) atoms. The van der Waals surface area contributed by atoms with Crippen molar-refractivity contribution in [3.8, 4) is 18.1 Å². The molecule has 1 aromatic heterocycles. The van der Waals surface area contributed by atoms with E-state index in [0.29, 0.717) is 6.61 Å². The van der Waals surface area contributed by atoms with E-state index in [-0.39, 0.29) is 17.3 Å². The quantitative estimate of drug-likeness (QED) is 0.602. The van der Waals surface area contributed by atoms with Gasteiger partial charge in [-0.3, -0.25) is 4.90 Å². The summed E-state index contributed by atoms with van der Waals surface area (Å²) in [4.78, 5) is 5.74. The second-order valence-electron chi connectivity index (χ2n) is 4.94. The van der Waals surface area contributed by atoms with E-state index >= 15 is 0 Å². The number of ether oxygens (including phenoxy) is 1. The van der Waals surface area contributed by atoms with Crippen LogP contribution in [0.4, 0.5) is 4.39 Å². The lowest BCUT2D eigenvalue weighted by molar-refractivity contribution is -0.00429. The Balaban J connectivity index is 1.93. The van der Waals surface area contributed by atoms with Crippen molar-refractivity contribution in [3.05, 3.63) is 24.3 Å². The molecule has 2 heterocycles. The van der Waals surface area contributed by atoms with Gasteiger partial charge in [0, 0.05) is 18.8 Å². The Morgan fingerprint density at radius 1 is 1.67 bits per heavy atom. The second-order valence-corrected chi connectivity index (χ2v) is 4.94. The maximum absolute atomic E-state index is 13.3. The zero-order valence-electron chi connectivity index (χ0n) is 10.7. The molecule has 0 aromatic carbocycles. The van der Waals surface area contributed by atoms with Crippen LogP contribution in [-0.2, 0) is 0 Å². The third-order valence-electron chi connectivity index (χ3n) is 3.37. The van der Waals surface area contributed by atoms with E-state index in [1.54, 1.807) is 12.1 Å². The Bertz CT molecular complexity index is 467. The second kappa shape index (κ2) is 4.95. The zero-order chi connectivity index (χ0) is 13.2. The predicted octanol–water partition coefficient (Wildman–Crippen LogP) is 2.09. The third-order valence-corrected chi connectivity index (χ3v) is 3.37. The number of likely N-dealkylation sites (tertiary alicyclic amines) is 1. The fourth-order valence-electron chi connectivity index (χ4n) is 2.10. The number of halogens is 1. The van der Waals surface area contributed by atoms with Gasteiger partial charge < -0.3 is 4.74 Å². The molecule has 3 nitrogen and oxygen atoms in total. The first-order valence-electron chi connectivity index (χ1n) is 6.02. The summed E-state index contributed by atoms with van der Waals surface area (Å²) in [6, 6.07) is 3.48. The Labute approximate surface area is 107 Å². The number of nitrogens with zero attached hydrogens (tertiary/aromatic N) is 2. The van der Waals surface area contributed by atoms with Crippen molar-refractivity contribution in [2.45, 2.75) is 31.8 Å². The molecule has 1 aliphatic heterocycles. The van der Waals surface area contributed by atoms with Crippen LogP contribution >= 0.6 is 0 Å². The van der Waals surface area contributed by atoms with Crippen molar-refractivity contribution in [1.82, 2.24) is 9.88 Å². The Morgan fingerprint density at radius 2 is 2.44 bits per heavy atom. The van der Waals surface area contributed by atoms with E-state index in [1.807, 2.05) is 13.8 Å². The minimum Gasteiger partial charge on any atom is -0.487 e. The number of rotatable bonds is 4. The molecule has 1 saturated heterocycles. The van der Waals surface area contributed by atoms with Crippen LogP contribution in [0.5, 0.6) is 5.75 Å². The SMILES string of the molecule is C#CC(C)(C)N1CC[C@@H]1COc1cccnc1F. The minimum atomic E-state index is -0.570. The van der Waals surface area contributed by atoms with Crippen LogP contribution in [0.3, 0.4) is 0 Å².